The van der Waals surface area contributed by atoms with Gasteiger partial charge in [-0.3, -0.25) is 9.59 Å². The molecule has 0 unspecified atom stereocenters. The van der Waals surface area contributed by atoms with Crippen molar-refractivity contribution in [3.8, 4) is 0 Å². The van der Waals surface area contributed by atoms with Crippen molar-refractivity contribution in [3.63, 3.8) is 0 Å². The largest absolute Gasteiger partial charge is 0.450 e. The molecule has 1 aromatic carbocycles. The van der Waals surface area contributed by atoms with E-state index in [4.69, 9.17) is 4.74 Å². The number of halogens is 1. The molecule has 0 aromatic heterocycles. The van der Waals surface area contributed by atoms with Crippen LogP contribution < -0.4 is 10.6 Å². The van der Waals surface area contributed by atoms with Crippen LogP contribution in [0.3, 0.4) is 0 Å². The molecule has 1 aliphatic rings. The summed E-state index contributed by atoms with van der Waals surface area (Å²) in [4.78, 5) is 37.0. The Morgan fingerprint density at radius 2 is 1.84 bits per heavy atom. The van der Waals surface area contributed by atoms with Gasteiger partial charge in [-0.2, -0.15) is 0 Å². The summed E-state index contributed by atoms with van der Waals surface area (Å²) < 4.78 is 17.8. The number of piperidine rings is 1. The van der Waals surface area contributed by atoms with Crippen molar-refractivity contribution in [3.05, 3.63) is 35.6 Å². The number of ether oxygens (including phenoxy) is 1. The van der Waals surface area contributed by atoms with E-state index in [1.165, 1.54) is 24.3 Å². The lowest BCUT2D eigenvalue weighted by Gasteiger charge is -2.31. The molecule has 25 heavy (non-hydrogen) atoms. The Bertz CT molecular complexity index is 613. The summed E-state index contributed by atoms with van der Waals surface area (Å²) in [7, 11) is 0. The molecule has 2 N–H and O–H groups in total. The van der Waals surface area contributed by atoms with Crippen molar-refractivity contribution in [2.45, 2.75) is 25.8 Å². The summed E-state index contributed by atoms with van der Waals surface area (Å²) >= 11 is 0. The predicted octanol–water partition coefficient (Wildman–Crippen LogP) is 1.29. The molecule has 7 nitrogen and oxygen atoms in total. The van der Waals surface area contributed by atoms with E-state index in [1.54, 1.807) is 11.8 Å². The maximum atomic E-state index is 12.8. The molecule has 136 valence electrons. The number of nitrogens with one attached hydrogen (secondary N) is 2. The zero-order chi connectivity index (χ0) is 18.2. The molecule has 1 aromatic rings. The van der Waals surface area contributed by atoms with Crippen molar-refractivity contribution in [1.29, 1.82) is 0 Å². The van der Waals surface area contributed by atoms with Crippen molar-refractivity contribution >= 4 is 17.9 Å². The average molecular weight is 351 g/mol. The summed E-state index contributed by atoms with van der Waals surface area (Å²) in [6, 6.07) is 5.04. The molecule has 0 aliphatic carbocycles. The van der Waals surface area contributed by atoms with E-state index in [0.717, 1.165) is 0 Å². The van der Waals surface area contributed by atoms with Crippen molar-refractivity contribution in [2.75, 3.05) is 26.2 Å². The average Bonchev–Trinajstić information content (AvgIpc) is 2.61. The highest BCUT2D eigenvalue weighted by Gasteiger charge is 2.24. The highest BCUT2D eigenvalue weighted by atomic mass is 19.1. The fourth-order valence-electron chi connectivity index (χ4n) is 2.56. The van der Waals surface area contributed by atoms with Crippen LogP contribution in [0.25, 0.3) is 0 Å². The third-order valence-corrected chi connectivity index (χ3v) is 3.90. The topological polar surface area (TPSA) is 87.7 Å². The first kappa shape index (κ1) is 18.7. The van der Waals surface area contributed by atoms with Crippen LogP contribution in [-0.2, 0) is 9.53 Å². The molecule has 1 saturated heterocycles. The van der Waals surface area contributed by atoms with E-state index in [9.17, 15) is 18.8 Å². The Labute approximate surface area is 145 Å². The number of carbonyl (C=O) groups excluding carboxylic acids is 3. The molecule has 3 amide bonds. The van der Waals surface area contributed by atoms with Crippen molar-refractivity contribution in [2.24, 2.45) is 0 Å². The third-order valence-electron chi connectivity index (χ3n) is 3.90. The lowest BCUT2D eigenvalue weighted by Crippen LogP contribution is -2.48. The van der Waals surface area contributed by atoms with E-state index < -0.39 is 11.7 Å². The minimum absolute atomic E-state index is 0.0408. The molecule has 0 saturated carbocycles. The fraction of sp³-hybridized carbons (Fsp3) is 0.471. The molecule has 0 radical (unpaired) electrons. The lowest BCUT2D eigenvalue weighted by molar-refractivity contribution is -0.121. The minimum Gasteiger partial charge on any atom is -0.450 e. The van der Waals surface area contributed by atoms with Crippen LogP contribution in [0.1, 0.15) is 30.1 Å². The van der Waals surface area contributed by atoms with Crippen molar-refractivity contribution < 1.29 is 23.5 Å². The lowest BCUT2D eigenvalue weighted by atomic mass is 10.1. The predicted molar refractivity (Wildman–Crippen MR) is 88.5 cm³/mol. The monoisotopic (exact) mass is 351 g/mol. The quantitative estimate of drug-likeness (QED) is 0.837. The van der Waals surface area contributed by atoms with Crippen LogP contribution in [0.15, 0.2) is 24.3 Å². The number of rotatable bonds is 5. The Morgan fingerprint density at radius 3 is 2.44 bits per heavy atom. The van der Waals surface area contributed by atoms with Crippen molar-refractivity contribution in [1.82, 2.24) is 15.5 Å². The summed E-state index contributed by atoms with van der Waals surface area (Å²) in [5.74, 6) is -1.17. The summed E-state index contributed by atoms with van der Waals surface area (Å²) in [6.45, 7) is 2.97. The number of benzene rings is 1. The van der Waals surface area contributed by atoms with Crippen LogP contribution in [0.2, 0.25) is 0 Å². The number of hydrogen-bond acceptors (Lipinski definition) is 4. The second-order valence-corrected chi connectivity index (χ2v) is 5.72. The Morgan fingerprint density at radius 1 is 1.20 bits per heavy atom. The van der Waals surface area contributed by atoms with Crippen LogP contribution in [0.5, 0.6) is 0 Å². The molecule has 1 heterocycles. The van der Waals surface area contributed by atoms with Gasteiger partial charge in [0, 0.05) is 24.7 Å². The first-order valence-corrected chi connectivity index (χ1v) is 8.24. The highest BCUT2D eigenvalue weighted by molar-refractivity contribution is 5.96. The standard InChI is InChI=1S/C17H22FN3O4/c1-2-25-17(24)21-9-7-14(8-10-21)20-15(22)11-19-16(23)12-3-5-13(18)6-4-12/h3-6,14H,2,7-11H2,1H3,(H,19,23)(H,20,22). The first-order valence-electron chi connectivity index (χ1n) is 8.24. The molecular formula is C17H22FN3O4. The van der Waals surface area contributed by atoms with Gasteiger partial charge < -0.3 is 20.3 Å². The van der Waals surface area contributed by atoms with E-state index in [-0.39, 0.29) is 30.2 Å². The molecule has 0 spiro atoms. The molecule has 0 bridgehead atoms. The van der Waals surface area contributed by atoms with Gasteiger partial charge in [-0.1, -0.05) is 0 Å². The molecule has 1 fully saturated rings. The van der Waals surface area contributed by atoms with Crippen LogP contribution in [0, 0.1) is 5.82 Å². The summed E-state index contributed by atoms with van der Waals surface area (Å²) in [5, 5.41) is 5.33. The van der Waals surface area contributed by atoms with Crippen LogP contribution in [-0.4, -0.2) is 55.1 Å². The second-order valence-electron chi connectivity index (χ2n) is 5.72. The maximum Gasteiger partial charge on any atom is 0.409 e. The van der Waals surface area contributed by atoms with E-state index in [1.807, 2.05) is 0 Å². The minimum atomic E-state index is -0.438. The van der Waals surface area contributed by atoms with Gasteiger partial charge in [0.05, 0.1) is 13.2 Å². The van der Waals surface area contributed by atoms with Crippen LogP contribution in [0.4, 0.5) is 9.18 Å². The van der Waals surface area contributed by atoms with Gasteiger partial charge in [-0.15, -0.1) is 0 Å². The molecule has 0 atom stereocenters. The van der Waals surface area contributed by atoms with Gasteiger partial charge in [-0.05, 0) is 44.0 Å². The molecule has 2 rings (SSSR count). The zero-order valence-corrected chi connectivity index (χ0v) is 14.1. The molecule has 1 aliphatic heterocycles. The number of likely N-dealkylation sites (tertiary alicyclic amines) is 1. The van der Waals surface area contributed by atoms with E-state index >= 15 is 0 Å². The SMILES string of the molecule is CCOC(=O)N1CCC(NC(=O)CNC(=O)c2ccc(F)cc2)CC1. The second kappa shape index (κ2) is 9.00. The molecular weight excluding hydrogens is 329 g/mol. The smallest absolute Gasteiger partial charge is 0.409 e. The van der Waals surface area contributed by atoms with E-state index in [0.29, 0.717) is 32.5 Å². The third kappa shape index (κ3) is 5.74. The normalized spacial score (nSPS) is 14.7. The number of hydrogen-bond donors (Lipinski definition) is 2. The van der Waals surface area contributed by atoms with Gasteiger partial charge in [0.1, 0.15) is 5.82 Å². The Kier molecular flexibility index (Phi) is 6.73. The van der Waals surface area contributed by atoms with Gasteiger partial charge in [0.15, 0.2) is 0 Å². The fourth-order valence-corrected chi connectivity index (χ4v) is 2.56. The Balaban J connectivity index is 1.70. The van der Waals surface area contributed by atoms with E-state index in [2.05, 4.69) is 10.6 Å². The van der Waals surface area contributed by atoms with Gasteiger partial charge in [0.2, 0.25) is 5.91 Å². The Hall–Kier alpha value is -2.64. The highest BCUT2D eigenvalue weighted by Crippen LogP contribution is 2.11. The number of amides is 3. The molecule has 8 heteroatoms. The summed E-state index contributed by atoms with van der Waals surface area (Å²) in [5.41, 5.74) is 0.289. The number of nitrogens with zero attached hydrogens (tertiary/aromatic N) is 1. The first-order chi connectivity index (χ1) is 12.0. The number of carbonyl (C=O) groups is 3. The summed E-state index contributed by atoms with van der Waals surface area (Å²) in [6.07, 6.45) is 0.936. The zero-order valence-electron chi connectivity index (χ0n) is 14.1. The van der Waals surface area contributed by atoms with Crippen LogP contribution >= 0.6 is 0 Å². The van der Waals surface area contributed by atoms with Gasteiger partial charge in [0.25, 0.3) is 5.91 Å². The maximum absolute atomic E-state index is 12.8. The van der Waals surface area contributed by atoms with Gasteiger partial charge in [-0.25, -0.2) is 9.18 Å². The van der Waals surface area contributed by atoms with Gasteiger partial charge >= 0.3 is 6.09 Å².